The minimum Gasteiger partial charge on any atom is -0.475 e. The summed E-state index contributed by atoms with van der Waals surface area (Å²) in [5, 5.41) is 5.38. The van der Waals surface area contributed by atoms with Crippen LogP contribution in [-0.4, -0.2) is 37.4 Å². The van der Waals surface area contributed by atoms with Gasteiger partial charge in [0.1, 0.15) is 24.3 Å². The number of halogens is 1. The average Bonchev–Trinajstić information content (AvgIpc) is 2.87. The van der Waals surface area contributed by atoms with Crippen LogP contribution in [0.5, 0.6) is 5.88 Å². The lowest BCUT2D eigenvalue weighted by Gasteiger charge is -2.20. The number of fused-ring (bicyclic) bond motifs is 1. The van der Waals surface area contributed by atoms with Gasteiger partial charge in [0, 0.05) is 16.3 Å². The topological polar surface area (TPSA) is 141 Å². The van der Waals surface area contributed by atoms with Crippen molar-refractivity contribution in [3.8, 4) is 17.0 Å². The number of nitrogens with zero attached hydrogens (tertiary/aromatic N) is 3. The Kier molecular flexibility index (Phi) is 5.06. The van der Waals surface area contributed by atoms with Crippen LogP contribution < -0.4 is 20.5 Å². The number of carbonyl (C=O) groups excluding carboxylic acids is 1. The van der Waals surface area contributed by atoms with Crippen LogP contribution in [0, 0.1) is 0 Å². The van der Waals surface area contributed by atoms with Gasteiger partial charge in [-0.15, -0.1) is 0 Å². The lowest BCUT2D eigenvalue weighted by molar-refractivity contribution is 0.0990. The molecule has 0 spiro atoms. The molecule has 0 unspecified atom stereocenters. The van der Waals surface area contributed by atoms with E-state index >= 15 is 0 Å². The Balaban J connectivity index is 1.66. The van der Waals surface area contributed by atoms with E-state index in [1.807, 2.05) is 0 Å². The van der Waals surface area contributed by atoms with Gasteiger partial charge in [-0.2, -0.15) is 0 Å². The van der Waals surface area contributed by atoms with Crippen LogP contribution in [0.2, 0.25) is 5.02 Å². The zero-order valence-corrected chi connectivity index (χ0v) is 17.0. The van der Waals surface area contributed by atoms with Crippen molar-refractivity contribution < 1.29 is 17.9 Å². The Bertz CT molecular complexity index is 1250. The van der Waals surface area contributed by atoms with Crippen LogP contribution in [0.15, 0.2) is 53.7 Å². The van der Waals surface area contributed by atoms with Crippen molar-refractivity contribution in [1.82, 2.24) is 9.97 Å². The molecule has 0 radical (unpaired) electrons. The smallest absolute Gasteiger partial charge is 0.267 e. The molecule has 0 aliphatic carbocycles. The molecule has 11 heteroatoms. The van der Waals surface area contributed by atoms with Gasteiger partial charge in [-0.25, -0.2) is 23.5 Å². The van der Waals surface area contributed by atoms with E-state index in [0.717, 1.165) is 5.56 Å². The standard InChI is InChI=1S/C19H16ClN5O4S/c20-15-9-13(30(22,27)28)5-6-14(15)11-1-3-12(4-2-11)25-7-8-29-18-16(19(25)26)17(21)23-10-24-18/h1-6,9-10H,7-8H2,(H2,21,23,24)(H2,22,27,28). The van der Waals surface area contributed by atoms with Crippen molar-refractivity contribution in [3.05, 3.63) is 59.4 Å². The van der Waals surface area contributed by atoms with Crippen molar-refractivity contribution in [2.45, 2.75) is 4.90 Å². The SMILES string of the molecule is Nc1ncnc2c1C(=O)N(c1ccc(-c3ccc(S(N)(=O)=O)cc3Cl)cc1)CCO2. The summed E-state index contributed by atoms with van der Waals surface area (Å²) in [6, 6.07) is 11.3. The molecule has 0 fully saturated rings. The number of anilines is 2. The summed E-state index contributed by atoms with van der Waals surface area (Å²) in [7, 11) is -3.84. The second-order valence-electron chi connectivity index (χ2n) is 6.48. The minimum absolute atomic E-state index is 0.0512. The van der Waals surface area contributed by atoms with E-state index < -0.39 is 10.0 Å². The first-order chi connectivity index (χ1) is 14.3. The van der Waals surface area contributed by atoms with Crippen molar-refractivity contribution in [3.63, 3.8) is 0 Å². The molecule has 1 aromatic heterocycles. The van der Waals surface area contributed by atoms with Crippen LogP contribution >= 0.6 is 11.6 Å². The first kappa shape index (κ1) is 20.1. The van der Waals surface area contributed by atoms with Crippen molar-refractivity contribution >= 4 is 39.0 Å². The fraction of sp³-hybridized carbons (Fsp3) is 0.105. The molecule has 0 atom stereocenters. The van der Waals surface area contributed by atoms with Gasteiger partial charge in [0.2, 0.25) is 15.9 Å². The molecule has 1 aliphatic rings. The summed E-state index contributed by atoms with van der Waals surface area (Å²) in [5.74, 6) is -0.146. The number of benzene rings is 2. The van der Waals surface area contributed by atoms with Crippen LogP contribution in [-0.2, 0) is 10.0 Å². The zero-order chi connectivity index (χ0) is 21.5. The quantitative estimate of drug-likeness (QED) is 0.628. The Morgan fingerprint density at radius 1 is 1.10 bits per heavy atom. The fourth-order valence-electron chi connectivity index (χ4n) is 3.14. The number of hydrogen-bond donors (Lipinski definition) is 2. The normalized spacial score (nSPS) is 14.1. The van der Waals surface area contributed by atoms with Crippen LogP contribution in [0.25, 0.3) is 11.1 Å². The third kappa shape index (κ3) is 3.67. The zero-order valence-electron chi connectivity index (χ0n) is 15.4. The lowest BCUT2D eigenvalue weighted by Crippen LogP contribution is -2.32. The summed E-state index contributed by atoms with van der Waals surface area (Å²) in [6.45, 7) is 0.551. The molecule has 1 aliphatic heterocycles. The van der Waals surface area contributed by atoms with E-state index in [2.05, 4.69) is 9.97 Å². The maximum Gasteiger partial charge on any atom is 0.267 e. The number of primary sulfonamides is 1. The first-order valence-electron chi connectivity index (χ1n) is 8.73. The maximum absolute atomic E-state index is 13.0. The van der Waals surface area contributed by atoms with Gasteiger partial charge in [-0.3, -0.25) is 4.79 Å². The number of sulfonamides is 1. The number of nitrogen functional groups attached to an aromatic ring is 1. The van der Waals surface area contributed by atoms with Gasteiger partial charge in [-0.05, 0) is 29.8 Å². The Hall–Kier alpha value is -3.21. The largest absolute Gasteiger partial charge is 0.475 e. The molecular weight excluding hydrogens is 430 g/mol. The summed E-state index contributed by atoms with van der Waals surface area (Å²) in [4.78, 5) is 22.3. The van der Waals surface area contributed by atoms with Crippen LogP contribution in [0.3, 0.4) is 0 Å². The highest BCUT2D eigenvalue weighted by Gasteiger charge is 2.28. The van der Waals surface area contributed by atoms with Crippen molar-refractivity contribution in [2.75, 3.05) is 23.8 Å². The van der Waals surface area contributed by atoms with Gasteiger partial charge in [-0.1, -0.05) is 29.8 Å². The van der Waals surface area contributed by atoms with Gasteiger partial charge in [0.15, 0.2) is 0 Å². The molecule has 2 aromatic carbocycles. The van der Waals surface area contributed by atoms with Crippen molar-refractivity contribution in [2.24, 2.45) is 5.14 Å². The Labute approximate surface area is 177 Å². The number of nitrogens with two attached hydrogens (primary N) is 2. The number of amides is 1. The number of hydrogen-bond acceptors (Lipinski definition) is 7. The molecule has 0 saturated heterocycles. The predicted molar refractivity (Wildman–Crippen MR) is 112 cm³/mol. The van der Waals surface area contributed by atoms with Gasteiger partial charge >= 0.3 is 0 Å². The van der Waals surface area contributed by atoms with Gasteiger partial charge in [0.05, 0.1) is 11.4 Å². The molecular formula is C19H16ClN5O4S. The molecule has 0 bridgehead atoms. The molecule has 1 amide bonds. The van der Waals surface area contributed by atoms with Gasteiger partial charge in [0.25, 0.3) is 5.91 Å². The summed E-state index contributed by atoms with van der Waals surface area (Å²) >= 11 is 6.25. The minimum atomic E-state index is -3.84. The van der Waals surface area contributed by atoms with E-state index in [1.165, 1.54) is 23.4 Å². The number of rotatable bonds is 3. The highest BCUT2D eigenvalue weighted by Crippen LogP contribution is 2.32. The number of ether oxygens (including phenoxy) is 1. The fourth-order valence-corrected chi connectivity index (χ4v) is 4.03. The van der Waals surface area contributed by atoms with E-state index in [0.29, 0.717) is 17.8 Å². The van der Waals surface area contributed by atoms with E-state index in [9.17, 15) is 13.2 Å². The molecule has 3 aromatic rings. The molecule has 2 heterocycles. The second kappa shape index (κ2) is 7.56. The average molecular weight is 446 g/mol. The Morgan fingerprint density at radius 2 is 1.83 bits per heavy atom. The molecule has 154 valence electrons. The summed E-state index contributed by atoms with van der Waals surface area (Å²) in [6.07, 6.45) is 1.25. The molecule has 4 rings (SSSR count). The lowest BCUT2D eigenvalue weighted by atomic mass is 10.0. The van der Waals surface area contributed by atoms with Crippen molar-refractivity contribution in [1.29, 1.82) is 0 Å². The molecule has 0 saturated carbocycles. The highest BCUT2D eigenvalue weighted by atomic mass is 35.5. The van der Waals surface area contributed by atoms with Crippen LogP contribution in [0.1, 0.15) is 10.4 Å². The number of carbonyl (C=O) groups is 1. The monoisotopic (exact) mass is 445 g/mol. The highest BCUT2D eigenvalue weighted by molar-refractivity contribution is 7.89. The first-order valence-corrected chi connectivity index (χ1v) is 10.7. The van der Waals surface area contributed by atoms with E-state index in [4.69, 9.17) is 27.2 Å². The van der Waals surface area contributed by atoms with Gasteiger partial charge < -0.3 is 15.4 Å². The van der Waals surface area contributed by atoms with E-state index in [1.54, 1.807) is 30.3 Å². The third-order valence-corrected chi connectivity index (χ3v) is 5.84. The van der Waals surface area contributed by atoms with E-state index in [-0.39, 0.29) is 39.7 Å². The Morgan fingerprint density at radius 3 is 2.50 bits per heavy atom. The summed E-state index contributed by atoms with van der Waals surface area (Å²) < 4.78 is 28.5. The summed E-state index contributed by atoms with van der Waals surface area (Å²) in [5.41, 5.74) is 7.98. The second-order valence-corrected chi connectivity index (χ2v) is 8.45. The van der Waals surface area contributed by atoms with Crippen LogP contribution in [0.4, 0.5) is 11.5 Å². The molecule has 4 N–H and O–H groups in total. The third-order valence-electron chi connectivity index (χ3n) is 4.61. The molecule has 9 nitrogen and oxygen atoms in total. The molecule has 30 heavy (non-hydrogen) atoms. The number of aromatic nitrogens is 2. The maximum atomic E-state index is 13.0. The predicted octanol–water partition coefficient (Wildman–Crippen LogP) is 2.07.